The normalized spacial score (nSPS) is 11.5. The predicted octanol–water partition coefficient (Wildman–Crippen LogP) is 3.19. The molecule has 0 aliphatic carbocycles. The van der Waals surface area contributed by atoms with Gasteiger partial charge in [0.1, 0.15) is 5.75 Å². The van der Waals surface area contributed by atoms with Gasteiger partial charge >= 0.3 is 0 Å². The lowest BCUT2D eigenvalue weighted by atomic mass is 10.1. The van der Waals surface area contributed by atoms with E-state index in [2.05, 4.69) is 10.9 Å². The summed E-state index contributed by atoms with van der Waals surface area (Å²) in [4.78, 5) is 24.0. The van der Waals surface area contributed by atoms with Crippen LogP contribution in [0.3, 0.4) is 0 Å². The fourth-order valence-electron chi connectivity index (χ4n) is 1.99. The van der Waals surface area contributed by atoms with Crippen LogP contribution in [0.4, 0.5) is 0 Å². The highest BCUT2D eigenvalue weighted by Gasteiger charge is 2.16. The van der Waals surface area contributed by atoms with Gasteiger partial charge in [-0.2, -0.15) is 0 Å². The van der Waals surface area contributed by atoms with E-state index in [9.17, 15) is 9.59 Å². The Morgan fingerprint density at radius 1 is 1.04 bits per heavy atom. The summed E-state index contributed by atoms with van der Waals surface area (Å²) in [7, 11) is 0. The van der Waals surface area contributed by atoms with Crippen molar-refractivity contribution in [1.29, 1.82) is 0 Å². The van der Waals surface area contributed by atoms with E-state index >= 15 is 0 Å². The van der Waals surface area contributed by atoms with E-state index < -0.39 is 17.9 Å². The fraction of sp³-hybridized carbons (Fsp3) is 0.222. The molecule has 24 heavy (non-hydrogen) atoms. The number of rotatable bonds is 4. The molecule has 0 saturated heterocycles. The first-order chi connectivity index (χ1) is 11.4. The minimum absolute atomic E-state index is 0.391. The third kappa shape index (κ3) is 4.73. The minimum Gasteiger partial charge on any atom is -0.481 e. The smallest absolute Gasteiger partial charge is 0.279 e. The van der Waals surface area contributed by atoms with E-state index in [-0.39, 0.29) is 0 Å². The standard InChI is InChI=1S/C18H19ClN2O3/c1-11-4-6-14(7-5-11)18(23)21-20-17(22)13(3)24-16-9-8-15(19)10-12(16)2/h4-10,13H,1-3H3,(H,20,22)(H,21,23)/t13-/m0/s1. The molecule has 0 aliphatic heterocycles. The number of hydrazine groups is 1. The van der Waals surface area contributed by atoms with E-state index in [0.717, 1.165) is 11.1 Å². The lowest BCUT2D eigenvalue weighted by molar-refractivity contribution is -0.128. The average molecular weight is 347 g/mol. The Labute approximate surface area is 145 Å². The van der Waals surface area contributed by atoms with Crippen molar-refractivity contribution in [2.24, 2.45) is 0 Å². The summed E-state index contributed by atoms with van der Waals surface area (Å²) < 4.78 is 5.59. The lowest BCUT2D eigenvalue weighted by Gasteiger charge is -2.16. The van der Waals surface area contributed by atoms with Crippen LogP contribution in [0.15, 0.2) is 42.5 Å². The lowest BCUT2D eigenvalue weighted by Crippen LogP contribution is -2.47. The molecule has 2 amide bonds. The molecule has 0 bridgehead atoms. The van der Waals surface area contributed by atoms with Gasteiger partial charge in [-0.3, -0.25) is 20.4 Å². The first-order valence-corrected chi connectivity index (χ1v) is 7.84. The summed E-state index contributed by atoms with van der Waals surface area (Å²) in [5.74, 6) is -0.282. The van der Waals surface area contributed by atoms with Gasteiger partial charge in [0.2, 0.25) is 0 Å². The van der Waals surface area contributed by atoms with Gasteiger partial charge in [0.25, 0.3) is 11.8 Å². The van der Waals surface area contributed by atoms with Crippen molar-refractivity contribution < 1.29 is 14.3 Å². The average Bonchev–Trinajstić information content (AvgIpc) is 2.55. The summed E-state index contributed by atoms with van der Waals surface area (Å²) in [6, 6.07) is 12.2. The van der Waals surface area contributed by atoms with E-state index in [0.29, 0.717) is 16.3 Å². The van der Waals surface area contributed by atoms with E-state index in [4.69, 9.17) is 16.3 Å². The van der Waals surface area contributed by atoms with Crippen molar-refractivity contribution in [1.82, 2.24) is 10.9 Å². The zero-order chi connectivity index (χ0) is 17.7. The zero-order valence-electron chi connectivity index (χ0n) is 13.7. The molecule has 2 aromatic rings. The van der Waals surface area contributed by atoms with E-state index in [1.807, 2.05) is 26.0 Å². The number of amides is 2. The van der Waals surface area contributed by atoms with Crippen molar-refractivity contribution >= 4 is 23.4 Å². The molecule has 2 N–H and O–H groups in total. The SMILES string of the molecule is Cc1ccc(C(=O)NNC(=O)[C@H](C)Oc2ccc(Cl)cc2C)cc1. The molecule has 0 aliphatic rings. The highest BCUT2D eigenvalue weighted by Crippen LogP contribution is 2.22. The van der Waals surface area contributed by atoms with Crippen LogP contribution in [0, 0.1) is 13.8 Å². The molecule has 6 heteroatoms. The van der Waals surface area contributed by atoms with Crippen molar-refractivity contribution in [3.05, 3.63) is 64.2 Å². The van der Waals surface area contributed by atoms with E-state index in [1.54, 1.807) is 37.3 Å². The molecule has 1 atom stereocenters. The third-order valence-corrected chi connectivity index (χ3v) is 3.66. The molecule has 2 rings (SSSR count). The summed E-state index contributed by atoms with van der Waals surface area (Å²) in [6.45, 7) is 5.37. The van der Waals surface area contributed by atoms with Gasteiger partial charge in [-0.05, 0) is 56.7 Å². The summed E-state index contributed by atoms with van der Waals surface area (Å²) in [5.41, 5.74) is 7.06. The Morgan fingerprint density at radius 2 is 1.71 bits per heavy atom. The quantitative estimate of drug-likeness (QED) is 0.835. The van der Waals surface area contributed by atoms with Crippen LogP contribution < -0.4 is 15.6 Å². The first kappa shape index (κ1) is 17.8. The van der Waals surface area contributed by atoms with Gasteiger partial charge in [0.05, 0.1) is 0 Å². The number of hydrogen-bond donors (Lipinski definition) is 2. The molecule has 0 fully saturated rings. The molecule has 0 radical (unpaired) electrons. The number of aryl methyl sites for hydroxylation is 2. The number of benzene rings is 2. The molecule has 126 valence electrons. The van der Waals surface area contributed by atoms with Crippen LogP contribution in [0.2, 0.25) is 5.02 Å². The van der Waals surface area contributed by atoms with Gasteiger partial charge in [0.15, 0.2) is 6.10 Å². The second-order valence-corrected chi connectivity index (χ2v) is 5.92. The van der Waals surface area contributed by atoms with Crippen molar-refractivity contribution in [2.75, 3.05) is 0 Å². The topological polar surface area (TPSA) is 67.4 Å². The van der Waals surface area contributed by atoms with Gasteiger partial charge in [-0.1, -0.05) is 29.3 Å². The fourth-order valence-corrected chi connectivity index (χ4v) is 2.21. The van der Waals surface area contributed by atoms with Crippen molar-refractivity contribution in [3.63, 3.8) is 0 Å². The number of ether oxygens (including phenoxy) is 1. The highest BCUT2D eigenvalue weighted by molar-refractivity contribution is 6.30. The largest absolute Gasteiger partial charge is 0.481 e. The maximum atomic E-state index is 12.0. The maximum absolute atomic E-state index is 12.0. The summed E-state index contributed by atoms with van der Waals surface area (Å²) >= 11 is 5.89. The summed E-state index contributed by atoms with van der Waals surface area (Å²) in [5, 5.41) is 0.599. The number of nitrogens with one attached hydrogen (secondary N) is 2. The molecular formula is C18H19ClN2O3. The van der Waals surface area contributed by atoms with Crippen LogP contribution in [0.5, 0.6) is 5.75 Å². The maximum Gasteiger partial charge on any atom is 0.279 e. The molecule has 0 aromatic heterocycles. The van der Waals surface area contributed by atoms with Crippen LogP contribution in [0.1, 0.15) is 28.4 Å². The molecule has 0 spiro atoms. The molecule has 0 saturated carbocycles. The zero-order valence-corrected chi connectivity index (χ0v) is 14.5. The molecule has 0 heterocycles. The van der Waals surface area contributed by atoms with Gasteiger partial charge in [-0.15, -0.1) is 0 Å². The summed E-state index contributed by atoms with van der Waals surface area (Å²) in [6.07, 6.45) is -0.775. The van der Waals surface area contributed by atoms with Crippen LogP contribution >= 0.6 is 11.6 Å². The van der Waals surface area contributed by atoms with Gasteiger partial charge in [0, 0.05) is 10.6 Å². The van der Waals surface area contributed by atoms with Crippen molar-refractivity contribution in [2.45, 2.75) is 26.9 Å². The van der Waals surface area contributed by atoms with Crippen LogP contribution in [-0.4, -0.2) is 17.9 Å². The Bertz CT molecular complexity index is 744. The highest BCUT2D eigenvalue weighted by atomic mass is 35.5. The van der Waals surface area contributed by atoms with Gasteiger partial charge in [-0.25, -0.2) is 0 Å². The Morgan fingerprint density at radius 3 is 2.33 bits per heavy atom. The Kier molecular flexibility index (Phi) is 5.82. The Hall–Kier alpha value is -2.53. The molecule has 5 nitrogen and oxygen atoms in total. The molecular weight excluding hydrogens is 328 g/mol. The van der Waals surface area contributed by atoms with Crippen LogP contribution in [-0.2, 0) is 4.79 Å². The van der Waals surface area contributed by atoms with Crippen molar-refractivity contribution in [3.8, 4) is 5.75 Å². The first-order valence-electron chi connectivity index (χ1n) is 7.46. The van der Waals surface area contributed by atoms with Crippen LogP contribution in [0.25, 0.3) is 0 Å². The number of carbonyl (C=O) groups is 2. The number of halogens is 1. The second kappa shape index (κ2) is 7.84. The Balaban J connectivity index is 1.89. The predicted molar refractivity (Wildman–Crippen MR) is 93.1 cm³/mol. The second-order valence-electron chi connectivity index (χ2n) is 5.48. The van der Waals surface area contributed by atoms with Gasteiger partial charge < -0.3 is 4.74 Å². The third-order valence-electron chi connectivity index (χ3n) is 3.42. The molecule has 2 aromatic carbocycles. The van der Waals surface area contributed by atoms with E-state index in [1.165, 1.54) is 0 Å². The number of carbonyl (C=O) groups excluding carboxylic acids is 2. The number of hydrogen-bond acceptors (Lipinski definition) is 3. The minimum atomic E-state index is -0.775. The monoisotopic (exact) mass is 346 g/mol. The molecule has 0 unspecified atom stereocenters.